The van der Waals surface area contributed by atoms with E-state index in [2.05, 4.69) is 20.9 Å². The molecule has 0 aliphatic rings. The minimum absolute atomic E-state index is 0. The van der Waals surface area contributed by atoms with Crippen LogP contribution in [0.1, 0.15) is 25.0 Å². The minimum atomic E-state index is -0.0623. The average molecular weight is 515 g/mol. The van der Waals surface area contributed by atoms with Gasteiger partial charge >= 0.3 is 0 Å². The van der Waals surface area contributed by atoms with Crippen molar-refractivity contribution in [2.24, 2.45) is 4.99 Å². The van der Waals surface area contributed by atoms with Gasteiger partial charge in [0.15, 0.2) is 5.96 Å². The van der Waals surface area contributed by atoms with Crippen LogP contribution in [-0.4, -0.2) is 31.5 Å². The SMILES string of the molecule is CCNC(=NCCc1ccccc1Cl)NCCc1ccc(NC(C)=O)cc1.I. The number of rotatable bonds is 8. The number of carbonyl (C=O) groups is 1. The predicted octanol–water partition coefficient (Wildman–Crippen LogP) is 4.26. The van der Waals surface area contributed by atoms with E-state index in [0.29, 0.717) is 6.54 Å². The van der Waals surface area contributed by atoms with E-state index in [1.54, 1.807) is 0 Å². The summed E-state index contributed by atoms with van der Waals surface area (Å²) in [5.41, 5.74) is 3.12. The van der Waals surface area contributed by atoms with E-state index in [1.165, 1.54) is 12.5 Å². The molecule has 28 heavy (non-hydrogen) atoms. The van der Waals surface area contributed by atoms with Crippen molar-refractivity contribution in [2.75, 3.05) is 25.0 Å². The molecule has 0 aliphatic heterocycles. The number of hydrogen-bond acceptors (Lipinski definition) is 2. The molecular weight excluding hydrogens is 487 g/mol. The summed E-state index contributed by atoms with van der Waals surface area (Å²) in [5, 5.41) is 10.2. The van der Waals surface area contributed by atoms with Crippen LogP contribution < -0.4 is 16.0 Å². The van der Waals surface area contributed by atoms with Crippen LogP contribution in [0.25, 0.3) is 0 Å². The third-order valence-corrected chi connectivity index (χ3v) is 4.30. The molecule has 0 heterocycles. The van der Waals surface area contributed by atoms with Gasteiger partial charge in [-0.15, -0.1) is 24.0 Å². The molecule has 0 spiro atoms. The Kier molecular flexibility index (Phi) is 11.6. The van der Waals surface area contributed by atoms with E-state index in [0.717, 1.165) is 48.2 Å². The fourth-order valence-corrected chi connectivity index (χ4v) is 2.84. The smallest absolute Gasteiger partial charge is 0.221 e. The molecule has 0 aliphatic carbocycles. The molecular formula is C21H28ClIN4O. The molecule has 2 rings (SSSR count). The van der Waals surface area contributed by atoms with Gasteiger partial charge in [0.25, 0.3) is 0 Å². The van der Waals surface area contributed by atoms with Crippen LogP contribution in [0.5, 0.6) is 0 Å². The lowest BCUT2D eigenvalue weighted by atomic mass is 10.1. The summed E-state index contributed by atoms with van der Waals surface area (Å²) in [7, 11) is 0. The molecule has 0 saturated carbocycles. The van der Waals surface area contributed by atoms with Gasteiger partial charge in [-0.05, 0) is 49.1 Å². The van der Waals surface area contributed by atoms with Gasteiger partial charge in [0.2, 0.25) is 5.91 Å². The van der Waals surface area contributed by atoms with Crippen molar-refractivity contribution < 1.29 is 4.79 Å². The summed E-state index contributed by atoms with van der Waals surface area (Å²) in [6, 6.07) is 15.7. The molecule has 0 aromatic heterocycles. The highest BCUT2D eigenvalue weighted by molar-refractivity contribution is 14.0. The van der Waals surface area contributed by atoms with Crippen LogP contribution in [0, 0.1) is 0 Å². The molecule has 0 fully saturated rings. The molecule has 2 aromatic rings. The first-order valence-electron chi connectivity index (χ1n) is 9.20. The largest absolute Gasteiger partial charge is 0.357 e. The number of aliphatic imine (C=N–C) groups is 1. The molecule has 0 radical (unpaired) electrons. The molecule has 2 aromatic carbocycles. The van der Waals surface area contributed by atoms with Crippen LogP contribution in [0.3, 0.4) is 0 Å². The molecule has 0 atom stereocenters. The van der Waals surface area contributed by atoms with Crippen molar-refractivity contribution in [1.29, 1.82) is 0 Å². The van der Waals surface area contributed by atoms with Crippen LogP contribution in [0.15, 0.2) is 53.5 Å². The van der Waals surface area contributed by atoms with Crippen LogP contribution in [-0.2, 0) is 17.6 Å². The zero-order valence-corrected chi connectivity index (χ0v) is 19.4. The number of nitrogens with one attached hydrogen (secondary N) is 3. The van der Waals surface area contributed by atoms with Crippen LogP contribution >= 0.6 is 35.6 Å². The molecule has 0 saturated heterocycles. The summed E-state index contributed by atoms with van der Waals surface area (Å²) in [4.78, 5) is 15.7. The van der Waals surface area contributed by atoms with Crippen molar-refractivity contribution >= 4 is 53.1 Å². The Hall–Kier alpha value is -1.80. The normalized spacial score (nSPS) is 10.8. The lowest BCUT2D eigenvalue weighted by Crippen LogP contribution is -2.38. The maximum Gasteiger partial charge on any atom is 0.221 e. The Balaban J connectivity index is 0.00000392. The summed E-state index contributed by atoms with van der Waals surface area (Å²) in [6.45, 7) is 5.81. The molecule has 1 amide bonds. The number of amides is 1. The Bertz CT molecular complexity index is 765. The quantitative estimate of drug-likeness (QED) is 0.280. The van der Waals surface area contributed by atoms with Crippen LogP contribution in [0.4, 0.5) is 5.69 Å². The van der Waals surface area contributed by atoms with E-state index >= 15 is 0 Å². The topological polar surface area (TPSA) is 65.5 Å². The fourth-order valence-electron chi connectivity index (χ4n) is 2.61. The van der Waals surface area contributed by atoms with Crippen molar-refractivity contribution in [3.8, 4) is 0 Å². The number of hydrogen-bond donors (Lipinski definition) is 3. The highest BCUT2D eigenvalue weighted by Crippen LogP contribution is 2.15. The third kappa shape index (κ3) is 8.93. The van der Waals surface area contributed by atoms with Gasteiger partial charge in [-0.3, -0.25) is 9.79 Å². The maximum atomic E-state index is 11.1. The second kappa shape index (κ2) is 13.4. The highest BCUT2D eigenvalue weighted by Gasteiger charge is 2.01. The molecule has 0 unspecified atom stereocenters. The predicted molar refractivity (Wildman–Crippen MR) is 129 cm³/mol. The van der Waals surface area contributed by atoms with Gasteiger partial charge in [-0.25, -0.2) is 0 Å². The number of halogens is 2. The second-order valence-electron chi connectivity index (χ2n) is 6.16. The zero-order chi connectivity index (χ0) is 19.5. The highest BCUT2D eigenvalue weighted by atomic mass is 127. The van der Waals surface area contributed by atoms with Crippen molar-refractivity contribution in [1.82, 2.24) is 10.6 Å². The Morgan fingerprint density at radius 2 is 1.75 bits per heavy atom. The first kappa shape index (κ1) is 24.2. The van der Waals surface area contributed by atoms with Gasteiger partial charge in [-0.2, -0.15) is 0 Å². The number of carbonyl (C=O) groups excluding carboxylic acids is 1. The van der Waals surface area contributed by atoms with Gasteiger partial charge < -0.3 is 16.0 Å². The average Bonchev–Trinajstić information content (AvgIpc) is 2.64. The first-order valence-corrected chi connectivity index (χ1v) is 9.58. The molecule has 0 bridgehead atoms. The van der Waals surface area contributed by atoms with Gasteiger partial charge in [0.05, 0.1) is 0 Å². The summed E-state index contributed by atoms with van der Waals surface area (Å²) >= 11 is 6.19. The van der Waals surface area contributed by atoms with E-state index < -0.39 is 0 Å². The minimum Gasteiger partial charge on any atom is -0.357 e. The maximum absolute atomic E-state index is 11.1. The summed E-state index contributed by atoms with van der Waals surface area (Å²) < 4.78 is 0. The number of benzene rings is 2. The molecule has 152 valence electrons. The fraction of sp³-hybridized carbons (Fsp3) is 0.333. The van der Waals surface area contributed by atoms with E-state index in [9.17, 15) is 4.79 Å². The lowest BCUT2D eigenvalue weighted by Gasteiger charge is -2.12. The Labute approximate surface area is 189 Å². The summed E-state index contributed by atoms with van der Waals surface area (Å²) in [6.07, 6.45) is 1.68. The van der Waals surface area contributed by atoms with E-state index in [-0.39, 0.29) is 29.9 Å². The van der Waals surface area contributed by atoms with Gasteiger partial charge in [-0.1, -0.05) is 41.9 Å². The van der Waals surface area contributed by atoms with Crippen molar-refractivity contribution in [3.63, 3.8) is 0 Å². The summed E-state index contributed by atoms with van der Waals surface area (Å²) in [5.74, 6) is 0.743. The molecule has 7 heteroatoms. The second-order valence-corrected chi connectivity index (χ2v) is 6.56. The van der Waals surface area contributed by atoms with Crippen molar-refractivity contribution in [3.05, 3.63) is 64.7 Å². The number of guanidine groups is 1. The van der Waals surface area contributed by atoms with Gasteiger partial charge in [0.1, 0.15) is 0 Å². The van der Waals surface area contributed by atoms with E-state index in [4.69, 9.17) is 11.6 Å². The first-order chi connectivity index (χ1) is 13.1. The number of nitrogens with zero attached hydrogens (tertiary/aromatic N) is 1. The molecule has 3 N–H and O–H groups in total. The van der Waals surface area contributed by atoms with Gasteiger partial charge in [0, 0.05) is 37.3 Å². The lowest BCUT2D eigenvalue weighted by molar-refractivity contribution is -0.114. The number of anilines is 1. The van der Waals surface area contributed by atoms with E-state index in [1.807, 2.05) is 55.5 Å². The third-order valence-electron chi connectivity index (χ3n) is 3.93. The zero-order valence-electron chi connectivity index (χ0n) is 16.3. The standard InChI is InChI=1S/C21H27ClN4O.HI/c1-3-23-21(25-15-13-18-6-4-5-7-20(18)22)24-14-12-17-8-10-19(11-9-17)26-16(2)27;/h4-11H,3,12-15H2,1-2H3,(H,26,27)(H2,23,24,25);1H. The van der Waals surface area contributed by atoms with Crippen molar-refractivity contribution in [2.45, 2.75) is 26.7 Å². The molecule has 5 nitrogen and oxygen atoms in total. The Morgan fingerprint density at radius 3 is 2.39 bits per heavy atom. The monoisotopic (exact) mass is 514 g/mol. The Morgan fingerprint density at radius 1 is 1.04 bits per heavy atom. The van der Waals surface area contributed by atoms with Crippen LogP contribution in [0.2, 0.25) is 5.02 Å².